The van der Waals surface area contributed by atoms with Gasteiger partial charge in [0.25, 0.3) is 11.8 Å². The molecule has 3 aromatic carbocycles. The first-order chi connectivity index (χ1) is 29.8. The molecule has 18 nitrogen and oxygen atoms in total. The summed E-state index contributed by atoms with van der Waals surface area (Å²) in [6.45, 7) is 7.55. The molecule has 6 N–H and O–H groups in total. The van der Waals surface area contributed by atoms with E-state index in [-0.39, 0.29) is 50.8 Å². The fraction of sp³-hybridized carbons (Fsp3) is 0.385. The Kier molecular flexibility index (Phi) is 21.2. The first kappa shape index (κ1) is 49.6. The number of hydrogen-bond acceptors (Lipinski definition) is 15. The van der Waals surface area contributed by atoms with E-state index >= 15 is 0 Å². The van der Waals surface area contributed by atoms with Crippen molar-refractivity contribution in [3.8, 4) is 0 Å². The molecule has 0 saturated carbocycles. The highest BCUT2D eigenvalue weighted by Gasteiger charge is 2.22. The van der Waals surface area contributed by atoms with E-state index in [2.05, 4.69) is 37.0 Å². The molecule has 0 fully saturated rings. The average Bonchev–Trinajstić information content (AvgIpc) is 3.60. The summed E-state index contributed by atoms with van der Waals surface area (Å²) in [5.41, 5.74) is 2.51. The van der Waals surface area contributed by atoms with E-state index < -0.39 is 39.9 Å². The van der Waals surface area contributed by atoms with Gasteiger partial charge in [-0.25, -0.2) is 23.6 Å². The first-order valence-electron chi connectivity index (χ1n) is 19.1. The van der Waals surface area contributed by atoms with Gasteiger partial charge in [0.15, 0.2) is 16.8 Å². The minimum Gasteiger partial charge on any atom is -0.383 e. The standard InChI is InChI=1S/C39H46F3IN8O10S/c1-24-38(51(55)56)62-39(46-24)49-36(53)28-6-5-27(23-33(28)47-25(2)52)45-12-15-58-17-19-60-21-20-59-18-16-57-14-11-44-10-3-13-61-50-37(54)29-7-8-30(40)34(42)35(29)48-32-9-4-26(43)22-31(32)41/h4-9,22-23,44-45,48H,3,10-21H2,1-2H3,(H,47,52)(H,50,54)(H,46,49,53). The van der Waals surface area contributed by atoms with Crippen LogP contribution in [0.2, 0.25) is 0 Å². The molecule has 0 aliphatic heterocycles. The van der Waals surface area contributed by atoms with Crippen LogP contribution < -0.4 is 32.1 Å². The maximum Gasteiger partial charge on any atom is 0.348 e. The second-order valence-electron chi connectivity index (χ2n) is 12.9. The summed E-state index contributed by atoms with van der Waals surface area (Å²) in [5.74, 6) is -5.03. The zero-order chi connectivity index (χ0) is 44.9. The van der Waals surface area contributed by atoms with Crippen LogP contribution in [0.15, 0.2) is 48.5 Å². The molecule has 1 heterocycles. The van der Waals surface area contributed by atoms with Gasteiger partial charge >= 0.3 is 5.00 Å². The van der Waals surface area contributed by atoms with Crippen LogP contribution in [-0.2, 0) is 28.6 Å². The maximum atomic E-state index is 14.6. The van der Waals surface area contributed by atoms with Crippen molar-refractivity contribution in [2.24, 2.45) is 0 Å². The number of rotatable bonds is 28. The number of anilines is 5. The molecule has 62 heavy (non-hydrogen) atoms. The predicted molar refractivity (Wildman–Crippen MR) is 234 cm³/mol. The van der Waals surface area contributed by atoms with Gasteiger partial charge in [0.1, 0.15) is 11.5 Å². The van der Waals surface area contributed by atoms with Gasteiger partial charge < -0.3 is 40.2 Å². The van der Waals surface area contributed by atoms with Crippen LogP contribution in [0, 0.1) is 38.1 Å². The molecular weight excluding hydrogens is 956 g/mol. The Balaban J connectivity index is 0.961. The number of amides is 3. The Morgan fingerprint density at radius 1 is 0.774 bits per heavy atom. The van der Waals surface area contributed by atoms with E-state index in [0.717, 1.165) is 23.5 Å². The summed E-state index contributed by atoms with van der Waals surface area (Å²) >= 11 is 2.65. The molecule has 0 atom stereocenters. The molecular formula is C39H46F3IN8O10S. The van der Waals surface area contributed by atoms with E-state index in [9.17, 15) is 37.7 Å². The molecule has 336 valence electrons. The summed E-state index contributed by atoms with van der Waals surface area (Å²) < 4.78 is 65.6. The van der Waals surface area contributed by atoms with Crippen LogP contribution in [0.1, 0.15) is 39.8 Å². The fourth-order valence-corrected chi connectivity index (χ4v) is 6.48. The Labute approximate surface area is 372 Å². The number of nitrogens with one attached hydrogen (secondary N) is 6. The topological polar surface area (TPSA) is 226 Å². The molecule has 1 aromatic heterocycles. The van der Waals surface area contributed by atoms with Crippen LogP contribution in [0.25, 0.3) is 0 Å². The number of halogens is 4. The van der Waals surface area contributed by atoms with E-state index in [1.165, 1.54) is 32.0 Å². The van der Waals surface area contributed by atoms with E-state index in [0.29, 0.717) is 88.2 Å². The van der Waals surface area contributed by atoms with Gasteiger partial charge in [0, 0.05) is 29.3 Å². The minimum atomic E-state index is -1.33. The highest BCUT2D eigenvalue weighted by atomic mass is 127. The van der Waals surface area contributed by atoms with Gasteiger partial charge in [-0.3, -0.25) is 34.7 Å². The second kappa shape index (κ2) is 26.5. The molecule has 4 aromatic rings. The molecule has 0 unspecified atom stereocenters. The molecule has 0 aliphatic carbocycles. The summed E-state index contributed by atoms with van der Waals surface area (Å²) in [7, 11) is 0. The third kappa shape index (κ3) is 16.7. The molecule has 3 amide bonds. The highest BCUT2D eigenvalue weighted by Crippen LogP contribution is 2.31. The summed E-state index contributed by atoms with van der Waals surface area (Å²) in [6, 6.07) is 10.8. The van der Waals surface area contributed by atoms with Gasteiger partial charge in [-0.15, -0.1) is 0 Å². The minimum absolute atomic E-state index is 0.0692. The fourth-order valence-electron chi connectivity index (χ4n) is 5.25. The lowest BCUT2D eigenvalue weighted by molar-refractivity contribution is -0.380. The number of aryl methyl sites for hydroxylation is 1. The smallest absolute Gasteiger partial charge is 0.348 e. The Morgan fingerprint density at radius 2 is 1.44 bits per heavy atom. The molecule has 0 aliphatic rings. The lowest BCUT2D eigenvalue weighted by Gasteiger charge is -2.14. The van der Waals surface area contributed by atoms with Crippen LogP contribution in [0.3, 0.4) is 0 Å². The first-order valence-corrected chi connectivity index (χ1v) is 21.0. The number of nitrogens with zero attached hydrogens (tertiary/aromatic N) is 2. The van der Waals surface area contributed by atoms with Crippen molar-refractivity contribution < 1.29 is 56.3 Å². The number of hydroxylamine groups is 1. The van der Waals surface area contributed by atoms with Crippen LogP contribution >= 0.6 is 33.9 Å². The Bertz CT molecular complexity index is 2140. The number of carbonyl (C=O) groups excluding carboxylic acids is 3. The van der Waals surface area contributed by atoms with Gasteiger partial charge in [0.05, 0.1) is 92.6 Å². The summed E-state index contributed by atoms with van der Waals surface area (Å²) in [5, 5.41) is 25.0. The Hall–Kier alpha value is -5.02. The number of carbonyl (C=O) groups is 3. The second-order valence-corrected chi connectivity index (χ2v) is 15.1. The predicted octanol–water partition coefficient (Wildman–Crippen LogP) is 6.16. The van der Waals surface area contributed by atoms with Crippen molar-refractivity contribution in [1.82, 2.24) is 15.8 Å². The van der Waals surface area contributed by atoms with Crippen molar-refractivity contribution >= 4 is 84.5 Å². The zero-order valence-corrected chi connectivity index (χ0v) is 36.7. The largest absolute Gasteiger partial charge is 0.383 e. The molecule has 0 bridgehead atoms. The van der Waals surface area contributed by atoms with Crippen molar-refractivity contribution in [3.63, 3.8) is 0 Å². The SMILES string of the molecule is CC(=O)Nc1cc(NCCOCCOCCOCCOCCNCCCONC(=O)c2ccc(F)c(F)c2Nc2ccc(I)cc2F)ccc1C(=O)Nc1nc(C)c([N+](=O)[O-])s1. The normalized spacial score (nSPS) is 11.0. The number of nitro groups is 1. The third-order valence-electron chi connectivity index (χ3n) is 8.14. The highest BCUT2D eigenvalue weighted by molar-refractivity contribution is 14.1. The number of ether oxygens (including phenoxy) is 4. The maximum absolute atomic E-state index is 14.6. The van der Waals surface area contributed by atoms with Gasteiger partial charge in [0.2, 0.25) is 5.91 Å². The van der Waals surface area contributed by atoms with Gasteiger partial charge in [-0.1, -0.05) is 0 Å². The van der Waals surface area contributed by atoms with Crippen LogP contribution in [-0.4, -0.2) is 107 Å². The lowest BCUT2D eigenvalue weighted by atomic mass is 10.1. The van der Waals surface area contributed by atoms with Gasteiger partial charge in [-0.2, -0.15) is 0 Å². The molecule has 0 saturated heterocycles. The van der Waals surface area contributed by atoms with Crippen molar-refractivity contribution in [2.45, 2.75) is 20.3 Å². The lowest BCUT2D eigenvalue weighted by Crippen LogP contribution is -2.27. The quantitative estimate of drug-likeness (QED) is 0.0162. The summed E-state index contributed by atoms with van der Waals surface area (Å²) in [4.78, 5) is 57.1. The van der Waals surface area contributed by atoms with Crippen molar-refractivity contribution in [1.29, 1.82) is 0 Å². The Morgan fingerprint density at radius 3 is 2.08 bits per heavy atom. The number of aromatic nitrogens is 1. The van der Waals surface area contributed by atoms with Gasteiger partial charge in [-0.05, 0) is 102 Å². The summed E-state index contributed by atoms with van der Waals surface area (Å²) in [6.07, 6.45) is 0.524. The van der Waals surface area contributed by atoms with Crippen LogP contribution in [0.5, 0.6) is 0 Å². The third-order valence-corrected chi connectivity index (χ3v) is 9.84. The van der Waals surface area contributed by atoms with E-state index in [1.54, 1.807) is 18.2 Å². The van der Waals surface area contributed by atoms with Crippen LogP contribution in [0.4, 0.5) is 46.1 Å². The monoisotopic (exact) mass is 1000 g/mol. The number of hydrogen-bond donors (Lipinski definition) is 6. The van der Waals surface area contributed by atoms with E-state index in [1.807, 2.05) is 22.6 Å². The molecule has 4 rings (SSSR count). The number of thiazole rings is 1. The van der Waals surface area contributed by atoms with E-state index in [4.69, 9.17) is 23.8 Å². The molecule has 23 heteroatoms. The molecule has 0 spiro atoms. The zero-order valence-electron chi connectivity index (χ0n) is 33.7. The average molecular weight is 1000 g/mol. The number of benzene rings is 3. The van der Waals surface area contributed by atoms with Crippen molar-refractivity contribution in [3.05, 3.63) is 96.5 Å². The van der Waals surface area contributed by atoms with Crippen molar-refractivity contribution in [2.75, 3.05) is 100 Å². The molecule has 0 radical (unpaired) electrons.